The van der Waals surface area contributed by atoms with Crippen LogP contribution in [0.3, 0.4) is 0 Å². The first-order chi connectivity index (χ1) is 9.52. The van der Waals surface area contributed by atoms with E-state index < -0.39 is 9.84 Å². The SMILES string of the molecule is C#CCN(CCc1ccccc1F)[C@H]1CCS(=O)(=O)C1. The highest BCUT2D eigenvalue weighted by molar-refractivity contribution is 7.91. The molecule has 20 heavy (non-hydrogen) atoms. The van der Waals surface area contributed by atoms with E-state index >= 15 is 0 Å². The average molecular weight is 295 g/mol. The quantitative estimate of drug-likeness (QED) is 0.772. The van der Waals surface area contributed by atoms with Gasteiger partial charge in [0, 0.05) is 12.6 Å². The Kier molecular flexibility index (Phi) is 4.79. The van der Waals surface area contributed by atoms with Gasteiger partial charge in [-0.25, -0.2) is 12.8 Å². The van der Waals surface area contributed by atoms with Crippen molar-refractivity contribution in [3.05, 3.63) is 35.6 Å². The van der Waals surface area contributed by atoms with Crippen LogP contribution in [0.5, 0.6) is 0 Å². The summed E-state index contributed by atoms with van der Waals surface area (Å²) in [5.41, 5.74) is 0.635. The van der Waals surface area contributed by atoms with Crippen LogP contribution < -0.4 is 0 Å². The third kappa shape index (κ3) is 3.81. The maximum absolute atomic E-state index is 13.6. The summed E-state index contributed by atoms with van der Waals surface area (Å²) < 4.78 is 36.7. The highest BCUT2D eigenvalue weighted by atomic mass is 32.2. The molecule has 1 aliphatic rings. The molecule has 3 nitrogen and oxygen atoms in total. The Morgan fingerprint density at radius 3 is 2.75 bits per heavy atom. The van der Waals surface area contributed by atoms with Crippen molar-refractivity contribution in [1.29, 1.82) is 0 Å². The van der Waals surface area contributed by atoms with E-state index in [0.717, 1.165) is 0 Å². The molecule has 0 aliphatic carbocycles. The van der Waals surface area contributed by atoms with Crippen molar-refractivity contribution in [2.45, 2.75) is 18.9 Å². The summed E-state index contributed by atoms with van der Waals surface area (Å²) in [4.78, 5) is 1.97. The Bertz CT molecular complexity index is 607. The van der Waals surface area contributed by atoms with Crippen LogP contribution in [0.15, 0.2) is 24.3 Å². The van der Waals surface area contributed by atoms with Crippen LogP contribution in [0, 0.1) is 18.2 Å². The summed E-state index contributed by atoms with van der Waals surface area (Å²) in [5.74, 6) is 2.71. The minimum absolute atomic E-state index is 0.0391. The summed E-state index contributed by atoms with van der Waals surface area (Å²) in [6.45, 7) is 0.972. The summed E-state index contributed by atoms with van der Waals surface area (Å²) in [6, 6.07) is 6.59. The third-order valence-electron chi connectivity index (χ3n) is 3.65. The van der Waals surface area contributed by atoms with Gasteiger partial charge in [0.05, 0.1) is 18.1 Å². The molecule has 1 heterocycles. The van der Waals surface area contributed by atoms with Gasteiger partial charge in [0.25, 0.3) is 0 Å². The van der Waals surface area contributed by atoms with Crippen molar-refractivity contribution < 1.29 is 12.8 Å². The van der Waals surface area contributed by atoms with Crippen LogP contribution >= 0.6 is 0 Å². The molecule has 108 valence electrons. The highest BCUT2D eigenvalue weighted by Gasteiger charge is 2.31. The number of rotatable bonds is 5. The summed E-state index contributed by atoms with van der Waals surface area (Å²) in [7, 11) is -2.93. The lowest BCUT2D eigenvalue weighted by atomic mass is 10.1. The number of hydrogen-bond donors (Lipinski definition) is 0. The number of nitrogens with zero attached hydrogens (tertiary/aromatic N) is 1. The van der Waals surface area contributed by atoms with Crippen molar-refractivity contribution in [2.75, 3.05) is 24.6 Å². The summed E-state index contributed by atoms with van der Waals surface area (Å²) >= 11 is 0. The van der Waals surface area contributed by atoms with Crippen LogP contribution in [0.25, 0.3) is 0 Å². The molecule has 1 aliphatic heterocycles. The van der Waals surface area contributed by atoms with Gasteiger partial charge in [-0.2, -0.15) is 0 Å². The predicted molar refractivity (Wildman–Crippen MR) is 77.6 cm³/mol. The van der Waals surface area contributed by atoms with E-state index in [-0.39, 0.29) is 23.4 Å². The topological polar surface area (TPSA) is 37.4 Å². The first-order valence-corrected chi connectivity index (χ1v) is 8.45. The van der Waals surface area contributed by atoms with Crippen LogP contribution in [-0.2, 0) is 16.3 Å². The molecule has 0 amide bonds. The zero-order valence-electron chi connectivity index (χ0n) is 11.3. The van der Waals surface area contributed by atoms with Gasteiger partial charge in [-0.15, -0.1) is 6.42 Å². The number of terminal acetylenes is 1. The van der Waals surface area contributed by atoms with Crippen molar-refractivity contribution in [1.82, 2.24) is 4.90 Å². The molecule has 0 bridgehead atoms. The zero-order valence-corrected chi connectivity index (χ0v) is 12.1. The lowest BCUT2D eigenvalue weighted by Crippen LogP contribution is -2.38. The van der Waals surface area contributed by atoms with Gasteiger partial charge in [0.2, 0.25) is 0 Å². The molecule has 0 radical (unpaired) electrons. The lowest BCUT2D eigenvalue weighted by molar-refractivity contribution is 0.241. The molecule has 0 saturated carbocycles. The van der Waals surface area contributed by atoms with E-state index in [0.29, 0.717) is 31.5 Å². The molecule has 0 unspecified atom stereocenters. The minimum Gasteiger partial charge on any atom is -0.288 e. The maximum atomic E-state index is 13.6. The van der Waals surface area contributed by atoms with Crippen molar-refractivity contribution in [3.63, 3.8) is 0 Å². The van der Waals surface area contributed by atoms with Crippen LogP contribution in [0.2, 0.25) is 0 Å². The van der Waals surface area contributed by atoms with Crippen molar-refractivity contribution in [2.24, 2.45) is 0 Å². The molecule has 5 heteroatoms. The Morgan fingerprint density at radius 1 is 1.40 bits per heavy atom. The average Bonchev–Trinajstić information content (AvgIpc) is 2.76. The Hall–Kier alpha value is -1.38. The molecule has 1 aromatic rings. The van der Waals surface area contributed by atoms with E-state index in [9.17, 15) is 12.8 Å². The number of sulfone groups is 1. The van der Waals surface area contributed by atoms with Gasteiger partial charge >= 0.3 is 0 Å². The third-order valence-corrected chi connectivity index (χ3v) is 5.40. The van der Waals surface area contributed by atoms with Crippen molar-refractivity contribution in [3.8, 4) is 12.3 Å². The second kappa shape index (κ2) is 6.38. The molecule has 2 rings (SSSR count). The first-order valence-electron chi connectivity index (χ1n) is 6.63. The minimum atomic E-state index is -2.93. The summed E-state index contributed by atoms with van der Waals surface area (Å²) in [6.07, 6.45) is 6.49. The molecule has 1 saturated heterocycles. The van der Waals surface area contributed by atoms with Gasteiger partial charge in [-0.1, -0.05) is 24.1 Å². The molecular weight excluding hydrogens is 277 g/mol. The monoisotopic (exact) mass is 295 g/mol. The Morgan fingerprint density at radius 2 is 2.15 bits per heavy atom. The highest BCUT2D eigenvalue weighted by Crippen LogP contribution is 2.18. The van der Waals surface area contributed by atoms with E-state index in [1.54, 1.807) is 18.2 Å². The normalized spacial score (nSPS) is 20.9. The van der Waals surface area contributed by atoms with E-state index in [1.165, 1.54) is 6.07 Å². The zero-order chi connectivity index (χ0) is 14.6. The Labute approximate surface area is 119 Å². The van der Waals surface area contributed by atoms with E-state index in [1.807, 2.05) is 4.90 Å². The molecule has 0 aromatic heterocycles. The van der Waals surface area contributed by atoms with Crippen LogP contribution in [-0.4, -0.2) is 44.0 Å². The van der Waals surface area contributed by atoms with E-state index in [2.05, 4.69) is 5.92 Å². The summed E-state index contributed by atoms with van der Waals surface area (Å²) in [5, 5.41) is 0. The fraction of sp³-hybridized carbons (Fsp3) is 0.467. The van der Waals surface area contributed by atoms with Crippen LogP contribution in [0.4, 0.5) is 4.39 Å². The number of halogens is 1. The second-order valence-corrected chi connectivity index (χ2v) is 7.30. The van der Waals surface area contributed by atoms with Gasteiger partial charge in [0.1, 0.15) is 5.82 Å². The van der Waals surface area contributed by atoms with Crippen LogP contribution in [0.1, 0.15) is 12.0 Å². The molecule has 0 N–H and O–H groups in total. The van der Waals surface area contributed by atoms with Crippen molar-refractivity contribution >= 4 is 9.84 Å². The van der Waals surface area contributed by atoms with Gasteiger partial charge < -0.3 is 0 Å². The fourth-order valence-corrected chi connectivity index (χ4v) is 4.30. The molecule has 1 atom stereocenters. The largest absolute Gasteiger partial charge is 0.288 e. The lowest BCUT2D eigenvalue weighted by Gasteiger charge is -2.25. The second-order valence-electron chi connectivity index (χ2n) is 5.07. The standard InChI is InChI=1S/C15H18FNO2S/c1-2-9-17(14-8-11-20(18,19)12-14)10-7-13-5-3-4-6-15(13)16/h1,3-6,14H,7-12H2/t14-/m0/s1. The first kappa shape index (κ1) is 15.0. The van der Waals surface area contributed by atoms with Gasteiger partial charge in [-0.05, 0) is 24.5 Å². The predicted octanol–water partition coefficient (Wildman–Crippen LogP) is 1.49. The molecule has 0 spiro atoms. The van der Waals surface area contributed by atoms with Gasteiger partial charge in [0.15, 0.2) is 9.84 Å². The smallest absolute Gasteiger partial charge is 0.151 e. The van der Waals surface area contributed by atoms with E-state index in [4.69, 9.17) is 6.42 Å². The molecular formula is C15H18FNO2S. The maximum Gasteiger partial charge on any atom is 0.151 e. The van der Waals surface area contributed by atoms with Gasteiger partial charge in [-0.3, -0.25) is 4.90 Å². The molecule has 1 aromatic carbocycles. The number of benzene rings is 1. The number of hydrogen-bond acceptors (Lipinski definition) is 3. The Balaban J connectivity index is 2.00. The fourth-order valence-electron chi connectivity index (χ4n) is 2.54. The molecule has 1 fully saturated rings.